The average molecular weight is 316 g/mol. The summed E-state index contributed by atoms with van der Waals surface area (Å²) >= 11 is 0. The highest BCUT2D eigenvalue weighted by Gasteiger charge is 2.25. The van der Waals surface area contributed by atoms with Gasteiger partial charge in [0.2, 0.25) is 5.91 Å². The maximum atomic E-state index is 12.2. The lowest BCUT2D eigenvalue weighted by Crippen LogP contribution is -2.38. The first-order valence-corrected chi connectivity index (χ1v) is 7.66. The summed E-state index contributed by atoms with van der Waals surface area (Å²) in [4.78, 5) is 12.2. The quantitative estimate of drug-likeness (QED) is 0.806. The van der Waals surface area contributed by atoms with Crippen LogP contribution in [-0.4, -0.2) is 40.9 Å². The molecule has 0 aliphatic carbocycles. The normalized spacial score (nSPS) is 16.3. The molecule has 0 saturated heterocycles. The summed E-state index contributed by atoms with van der Waals surface area (Å²) in [5.41, 5.74) is 1.04. The van der Waals surface area contributed by atoms with Gasteiger partial charge in [-0.05, 0) is 24.5 Å². The Bertz CT molecular complexity index is 657. The number of carbonyl (C=O) groups is 1. The number of benzene rings is 1. The van der Waals surface area contributed by atoms with Gasteiger partial charge in [0.25, 0.3) is 0 Å². The fraction of sp³-hybridized carbons (Fsp3) is 0.438. The van der Waals surface area contributed by atoms with E-state index in [0.717, 1.165) is 30.0 Å². The van der Waals surface area contributed by atoms with E-state index in [4.69, 9.17) is 9.47 Å². The van der Waals surface area contributed by atoms with Crippen molar-refractivity contribution in [2.75, 3.05) is 20.3 Å². The lowest BCUT2D eigenvalue weighted by Gasteiger charge is -2.25. The highest BCUT2D eigenvalue weighted by atomic mass is 16.5. The molecule has 0 fully saturated rings. The minimum Gasteiger partial charge on any atom is -0.497 e. The molecular formula is C16H20N4O3. The van der Waals surface area contributed by atoms with Crippen LogP contribution in [0.15, 0.2) is 30.9 Å². The summed E-state index contributed by atoms with van der Waals surface area (Å²) in [6.07, 6.45) is 4.87. The molecule has 2 heterocycles. The van der Waals surface area contributed by atoms with Crippen molar-refractivity contribution in [3.05, 3.63) is 36.4 Å². The topological polar surface area (TPSA) is 78.3 Å². The molecule has 1 amide bonds. The van der Waals surface area contributed by atoms with E-state index in [1.54, 1.807) is 19.8 Å². The van der Waals surface area contributed by atoms with E-state index in [-0.39, 0.29) is 11.8 Å². The van der Waals surface area contributed by atoms with Crippen LogP contribution >= 0.6 is 0 Å². The first-order valence-electron chi connectivity index (χ1n) is 7.66. The number of amides is 1. The van der Waals surface area contributed by atoms with E-state index < -0.39 is 0 Å². The third-order valence-electron chi connectivity index (χ3n) is 3.91. The molecule has 1 N–H and O–H groups in total. The zero-order chi connectivity index (χ0) is 16.1. The van der Waals surface area contributed by atoms with Crippen LogP contribution < -0.4 is 14.8 Å². The van der Waals surface area contributed by atoms with Crippen molar-refractivity contribution < 1.29 is 14.3 Å². The fourth-order valence-corrected chi connectivity index (χ4v) is 2.60. The highest BCUT2D eigenvalue weighted by molar-refractivity contribution is 5.79. The zero-order valence-electron chi connectivity index (χ0n) is 13.1. The number of aromatic nitrogens is 3. The van der Waals surface area contributed by atoms with Crippen molar-refractivity contribution in [1.29, 1.82) is 0 Å². The second-order valence-corrected chi connectivity index (χ2v) is 5.53. The smallest absolute Gasteiger partial charge is 0.226 e. The van der Waals surface area contributed by atoms with E-state index in [2.05, 4.69) is 15.5 Å². The van der Waals surface area contributed by atoms with Crippen molar-refractivity contribution in [3.8, 4) is 11.5 Å². The third-order valence-corrected chi connectivity index (χ3v) is 3.91. The maximum Gasteiger partial charge on any atom is 0.226 e. The van der Waals surface area contributed by atoms with Gasteiger partial charge < -0.3 is 19.4 Å². The molecule has 1 unspecified atom stereocenters. The van der Waals surface area contributed by atoms with Crippen molar-refractivity contribution in [2.24, 2.45) is 5.92 Å². The van der Waals surface area contributed by atoms with Crippen molar-refractivity contribution in [1.82, 2.24) is 20.1 Å². The first kappa shape index (κ1) is 15.3. The van der Waals surface area contributed by atoms with Crippen molar-refractivity contribution in [3.63, 3.8) is 0 Å². The molecule has 1 atom stereocenters. The Balaban J connectivity index is 1.47. The number of aryl methyl sites for hydroxylation is 1. The number of nitrogens with one attached hydrogen (secondary N) is 1. The van der Waals surface area contributed by atoms with Gasteiger partial charge in [0.05, 0.1) is 13.0 Å². The maximum absolute atomic E-state index is 12.2. The van der Waals surface area contributed by atoms with Crippen LogP contribution in [0.5, 0.6) is 11.5 Å². The van der Waals surface area contributed by atoms with Gasteiger partial charge in [0, 0.05) is 19.2 Å². The molecule has 0 saturated carbocycles. The van der Waals surface area contributed by atoms with Crippen LogP contribution in [-0.2, 0) is 17.8 Å². The summed E-state index contributed by atoms with van der Waals surface area (Å²) in [5, 5.41) is 10.5. The van der Waals surface area contributed by atoms with E-state index in [1.807, 2.05) is 22.8 Å². The minimum absolute atomic E-state index is 0.0372. The van der Waals surface area contributed by atoms with Gasteiger partial charge in [0.15, 0.2) is 0 Å². The van der Waals surface area contributed by atoms with Crippen LogP contribution in [0.1, 0.15) is 12.0 Å². The SMILES string of the molecule is COc1ccc2c(c1)OCC(C(=O)NCCCn1cnnc1)C2. The molecular weight excluding hydrogens is 296 g/mol. The van der Waals surface area contributed by atoms with E-state index >= 15 is 0 Å². The van der Waals surface area contributed by atoms with Crippen LogP contribution in [0.4, 0.5) is 0 Å². The Morgan fingerprint density at radius 2 is 2.26 bits per heavy atom. The largest absolute Gasteiger partial charge is 0.497 e. The minimum atomic E-state index is -0.147. The van der Waals surface area contributed by atoms with Crippen LogP contribution in [0.2, 0.25) is 0 Å². The predicted molar refractivity (Wildman–Crippen MR) is 83.3 cm³/mol. The fourth-order valence-electron chi connectivity index (χ4n) is 2.60. The Kier molecular flexibility index (Phi) is 4.75. The van der Waals surface area contributed by atoms with Gasteiger partial charge in [-0.25, -0.2) is 0 Å². The van der Waals surface area contributed by atoms with Crippen LogP contribution in [0, 0.1) is 5.92 Å². The second kappa shape index (κ2) is 7.13. The number of hydrogen-bond acceptors (Lipinski definition) is 5. The van der Waals surface area contributed by atoms with Gasteiger partial charge in [-0.3, -0.25) is 4.79 Å². The Morgan fingerprint density at radius 1 is 1.43 bits per heavy atom. The third kappa shape index (κ3) is 3.80. The molecule has 0 bridgehead atoms. The molecule has 1 aliphatic heterocycles. The number of rotatable bonds is 6. The Morgan fingerprint density at radius 3 is 3.04 bits per heavy atom. The molecule has 122 valence electrons. The van der Waals surface area contributed by atoms with Crippen LogP contribution in [0.25, 0.3) is 0 Å². The van der Waals surface area contributed by atoms with E-state index in [0.29, 0.717) is 19.6 Å². The van der Waals surface area contributed by atoms with Gasteiger partial charge in [-0.15, -0.1) is 10.2 Å². The van der Waals surface area contributed by atoms with Crippen molar-refractivity contribution in [2.45, 2.75) is 19.4 Å². The lowest BCUT2D eigenvalue weighted by molar-refractivity contribution is -0.126. The molecule has 0 spiro atoms. The average Bonchev–Trinajstić information content (AvgIpc) is 3.11. The molecule has 3 rings (SSSR count). The molecule has 0 radical (unpaired) electrons. The van der Waals surface area contributed by atoms with E-state index in [9.17, 15) is 4.79 Å². The van der Waals surface area contributed by atoms with Crippen molar-refractivity contribution >= 4 is 5.91 Å². The monoisotopic (exact) mass is 316 g/mol. The Hall–Kier alpha value is -2.57. The summed E-state index contributed by atoms with van der Waals surface area (Å²) in [5.74, 6) is 1.46. The molecule has 7 heteroatoms. The number of hydrogen-bond donors (Lipinski definition) is 1. The molecule has 1 aromatic heterocycles. The van der Waals surface area contributed by atoms with Gasteiger partial charge >= 0.3 is 0 Å². The highest BCUT2D eigenvalue weighted by Crippen LogP contribution is 2.30. The van der Waals surface area contributed by atoms with Gasteiger partial charge in [-0.2, -0.15) is 0 Å². The second-order valence-electron chi connectivity index (χ2n) is 5.53. The Labute approximate surface area is 134 Å². The summed E-state index contributed by atoms with van der Waals surface area (Å²) < 4.78 is 12.8. The molecule has 1 aliphatic rings. The summed E-state index contributed by atoms with van der Waals surface area (Å²) in [6, 6.07) is 5.71. The van der Waals surface area contributed by atoms with Gasteiger partial charge in [0.1, 0.15) is 30.8 Å². The predicted octanol–water partition coefficient (Wildman–Crippen LogP) is 1.04. The van der Waals surface area contributed by atoms with E-state index in [1.165, 1.54) is 0 Å². The number of fused-ring (bicyclic) bond motifs is 1. The number of carbonyl (C=O) groups excluding carboxylic acids is 1. The number of methoxy groups -OCH3 is 1. The summed E-state index contributed by atoms with van der Waals surface area (Å²) in [7, 11) is 1.63. The number of nitrogens with zero attached hydrogens (tertiary/aromatic N) is 3. The zero-order valence-corrected chi connectivity index (χ0v) is 13.1. The lowest BCUT2D eigenvalue weighted by atomic mass is 9.96. The van der Waals surface area contributed by atoms with Gasteiger partial charge in [-0.1, -0.05) is 6.07 Å². The molecule has 23 heavy (non-hydrogen) atoms. The molecule has 2 aromatic rings. The standard InChI is InChI=1S/C16H20N4O3/c1-22-14-4-3-12-7-13(9-23-15(12)8-14)16(21)17-5-2-6-20-10-18-19-11-20/h3-4,8,10-11,13H,2,5-7,9H2,1H3,(H,17,21). The number of ether oxygens (including phenoxy) is 2. The molecule has 7 nitrogen and oxygen atoms in total. The first-order chi connectivity index (χ1) is 11.3. The molecule has 1 aromatic carbocycles. The van der Waals surface area contributed by atoms with Crippen LogP contribution in [0.3, 0.4) is 0 Å². The summed E-state index contributed by atoms with van der Waals surface area (Å²) in [6.45, 7) is 1.82.